The number of rotatable bonds is 5. The first-order valence-electron chi connectivity index (χ1n) is 9.15. The first-order valence-corrected chi connectivity index (χ1v) is 11.5. The molecule has 1 aliphatic heterocycles. The maximum Gasteiger partial charge on any atom is 0.430 e. The molecule has 0 radical (unpaired) electrons. The smallest absolute Gasteiger partial charge is 0.430 e. The summed E-state index contributed by atoms with van der Waals surface area (Å²) in [4.78, 5) is 10.3. The van der Waals surface area contributed by atoms with E-state index >= 15 is 0 Å². The van der Waals surface area contributed by atoms with Crippen LogP contribution in [0.25, 0.3) is 0 Å². The molecule has 6 nitrogen and oxygen atoms in total. The number of carboxylic acids is 1. The molecule has 1 heterocycles. The van der Waals surface area contributed by atoms with Crippen LogP contribution in [0.1, 0.15) is 12.0 Å². The minimum absolute atomic E-state index is 0.297. The fourth-order valence-electron chi connectivity index (χ4n) is 3.29. The number of hydrogen-bond donors (Lipinski definition) is 2. The van der Waals surface area contributed by atoms with Crippen LogP contribution >= 0.6 is 11.8 Å². The molecule has 1 aliphatic rings. The van der Waals surface area contributed by atoms with Gasteiger partial charge in [-0.2, -0.15) is 26.3 Å². The summed E-state index contributed by atoms with van der Waals surface area (Å²) in [6, 6.07) is 4.76. The number of halogens is 7. The predicted octanol–water partition coefficient (Wildman–Crippen LogP) is 4.28. The summed E-state index contributed by atoms with van der Waals surface area (Å²) in [6.07, 6.45) is -13.0. The second-order valence-electron chi connectivity index (χ2n) is 7.22. The molecular formula is C19H14F7NO5S2. The summed E-state index contributed by atoms with van der Waals surface area (Å²) < 4.78 is 120. The molecule has 2 aromatic rings. The number of carboxylic acid groups (broad SMARTS) is 1. The van der Waals surface area contributed by atoms with E-state index in [0.29, 0.717) is 34.3 Å². The van der Waals surface area contributed by atoms with E-state index < -0.39 is 73.3 Å². The molecule has 0 aliphatic carbocycles. The third-order valence-electron chi connectivity index (χ3n) is 4.93. The minimum atomic E-state index is -6.17. The SMILES string of the molecule is O=C(O)CC1CN(S(=O)(=O)c2ccc(F)cc2)c2ccc(C(O)(C(F)(F)F)C(F)(F)F)cc2S1. The van der Waals surface area contributed by atoms with E-state index in [4.69, 9.17) is 5.11 Å². The summed E-state index contributed by atoms with van der Waals surface area (Å²) >= 11 is 0.562. The molecule has 2 aromatic carbocycles. The zero-order chi connectivity index (χ0) is 25.7. The Balaban J connectivity index is 2.19. The van der Waals surface area contributed by atoms with Gasteiger partial charge in [0.05, 0.1) is 17.0 Å². The van der Waals surface area contributed by atoms with E-state index in [2.05, 4.69) is 0 Å². The molecule has 1 atom stereocenters. The Hall–Kier alpha value is -2.52. The highest BCUT2D eigenvalue weighted by Crippen LogP contribution is 2.52. The molecule has 0 aromatic heterocycles. The van der Waals surface area contributed by atoms with Gasteiger partial charge in [-0.05, 0) is 36.4 Å². The zero-order valence-corrected chi connectivity index (χ0v) is 18.2. The van der Waals surface area contributed by atoms with Crippen LogP contribution in [0.5, 0.6) is 0 Å². The van der Waals surface area contributed by atoms with Gasteiger partial charge in [-0.15, -0.1) is 11.8 Å². The minimum Gasteiger partial charge on any atom is -0.481 e. The average Bonchev–Trinajstić information content (AvgIpc) is 2.70. The van der Waals surface area contributed by atoms with Gasteiger partial charge < -0.3 is 10.2 Å². The standard InChI is InChI=1S/C19H14F7NO5S2/c20-11-2-4-13(5-3-11)34(31,32)27-9-12(8-16(28)29)33-15-7-10(1-6-14(15)27)17(30,18(21,22)23)19(24,25)26/h1-7,12,30H,8-9H2,(H,28,29). The Labute approximate surface area is 192 Å². The van der Waals surface area contributed by atoms with Crippen LogP contribution in [0.3, 0.4) is 0 Å². The number of sulfonamides is 1. The van der Waals surface area contributed by atoms with Crippen LogP contribution in [0, 0.1) is 5.82 Å². The van der Waals surface area contributed by atoms with Crippen molar-refractivity contribution in [2.45, 2.75) is 39.4 Å². The lowest BCUT2D eigenvalue weighted by molar-refractivity contribution is -0.376. The maximum atomic E-state index is 13.3. The van der Waals surface area contributed by atoms with Gasteiger partial charge in [0, 0.05) is 22.3 Å². The van der Waals surface area contributed by atoms with Gasteiger partial charge in [0.25, 0.3) is 15.6 Å². The van der Waals surface area contributed by atoms with Gasteiger partial charge in [-0.3, -0.25) is 9.10 Å². The molecule has 186 valence electrons. The molecule has 2 N–H and O–H groups in total. The number of benzene rings is 2. The van der Waals surface area contributed by atoms with Crippen molar-refractivity contribution in [2.24, 2.45) is 0 Å². The van der Waals surface area contributed by atoms with Crippen molar-refractivity contribution in [1.82, 2.24) is 0 Å². The van der Waals surface area contributed by atoms with E-state index in [1.807, 2.05) is 0 Å². The van der Waals surface area contributed by atoms with Crippen LogP contribution in [0.15, 0.2) is 52.3 Å². The molecule has 0 spiro atoms. The molecule has 0 saturated heterocycles. The number of nitrogens with zero attached hydrogens (tertiary/aromatic N) is 1. The largest absolute Gasteiger partial charge is 0.481 e. The first kappa shape index (κ1) is 26.1. The molecule has 0 bridgehead atoms. The van der Waals surface area contributed by atoms with Crippen LogP contribution in [-0.4, -0.2) is 48.7 Å². The summed E-state index contributed by atoms with van der Waals surface area (Å²) in [7, 11) is -4.51. The molecule has 15 heteroatoms. The van der Waals surface area contributed by atoms with Crippen molar-refractivity contribution < 1.29 is 54.2 Å². The zero-order valence-electron chi connectivity index (χ0n) is 16.6. The Kier molecular flexibility index (Phi) is 6.60. The lowest BCUT2D eigenvalue weighted by Crippen LogP contribution is -2.54. The van der Waals surface area contributed by atoms with E-state index in [0.717, 1.165) is 24.3 Å². The number of thioether (sulfide) groups is 1. The highest BCUT2D eigenvalue weighted by Gasteiger charge is 2.71. The van der Waals surface area contributed by atoms with Crippen LogP contribution < -0.4 is 4.31 Å². The molecule has 0 saturated carbocycles. The molecule has 0 amide bonds. The van der Waals surface area contributed by atoms with E-state index in [9.17, 15) is 49.1 Å². The van der Waals surface area contributed by atoms with Crippen molar-refractivity contribution in [3.8, 4) is 0 Å². The number of anilines is 1. The predicted molar refractivity (Wildman–Crippen MR) is 105 cm³/mol. The van der Waals surface area contributed by atoms with Crippen LogP contribution in [0.2, 0.25) is 0 Å². The average molecular weight is 533 g/mol. The fraction of sp³-hybridized carbons (Fsp3) is 0.316. The van der Waals surface area contributed by atoms with Gasteiger partial charge in [-0.1, -0.05) is 6.07 Å². The third-order valence-corrected chi connectivity index (χ3v) is 7.96. The number of carbonyl (C=O) groups is 1. The summed E-state index contributed by atoms with van der Waals surface area (Å²) in [5.74, 6) is -2.15. The Bertz CT molecular complexity index is 1180. The Morgan fingerprint density at radius 1 is 1.03 bits per heavy atom. The molecule has 3 rings (SSSR count). The summed E-state index contributed by atoms with van der Waals surface area (Å²) in [6.45, 7) is -0.480. The van der Waals surface area contributed by atoms with E-state index in [1.165, 1.54) is 0 Å². The number of aliphatic carboxylic acids is 1. The second kappa shape index (κ2) is 8.61. The van der Waals surface area contributed by atoms with Crippen molar-refractivity contribution in [3.63, 3.8) is 0 Å². The van der Waals surface area contributed by atoms with Gasteiger partial charge >= 0.3 is 18.3 Å². The van der Waals surface area contributed by atoms with Gasteiger partial charge in [0.1, 0.15) is 5.82 Å². The molecule has 34 heavy (non-hydrogen) atoms. The van der Waals surface area contributed by atoms with Gasteiger partial charge in [0.15, 0.2) is 0 Å². The highest BCUT2D eigenvalue weighted by molar-refractivity contribution is 8.00. The molecule has 0 fully saturated rings. The molecular weight excluding hydrogens is 519 g/mol. The van der Waals surface area contributed by atoms with Crippen LogP contribution in [-0.2, 0) is 20.4 Å². The van der Waals surface area contributed by atoms with E-state index in [-0.39, 0.29) is 5.69 Å². The maximum absolute atomic E-state index is 13.3. The van der Waals surface area contributed by atoms with Crippen molar-refractivity contribution in [2.75, 3.05) is 10.8 Å². The van der Waals surface area contributed by atoms with Gasteiger partial charge in [-0.25, -0.2) is 12.8 Å². The topological polar surface area (TPSA) is 94.9 Å². The monoisotopic (exact) mass is 533 g/mol. The first-order chi connectivity index (χ1) is 15.5. The highest BCUT2D eigenvalue weighted by atomic mass is 32.2. The third kappa shape index (κ3) is 4.55. The number of aliphatic hydroxyl groups is 1. The molecule has 1 unspecified atom stereocenters. The number of alkyl halides is 6. The summed E-state index contributed by atoms with van der Waals surface area (Å²) in [5, 5.41) is 17.7. The van der Waals surface area contributed by atoms with Crippen molar-refractivity contribution in [3.05, 3.63) is 53.8 Å². The van der Waals surface area contributed by atoms with Crippen molar-refractivity contribution >= 4 is 33.4 Å². The van der Waals surface area contributed by atoms with E-state index in [1.54, 1.807) is 0 Å². The quantitative estimate of drug-likeness (QED) is 0.558. The Morgan fingerprint density at radius 2 is 1.59 bits per heavy atom. The lowest BCUT2D eigenvalue weighted by atomic mass is 9.92. The number of hydrogen-bond acceptors (Lipinski definition) is 5. The van der Waals surface area contributed by atoms with Crippen molar-refractivity contribution in [1.29, 1.82) is 0 Å². The number of fused-ring (bicyclic) bond motifs is 1. The van der Waals surface area contributed by atoms with Gasteiger partial charge in [0.2, 0.25) is 0 Å². The summed E-state index contributed by atoms with van der Waals surface area (Å²) in [5.41, 5.74) is -7.20. The fourth-order valence-corrected chi connectivity index (χ4v) is 6.27. The normalized spacial score (nSPS) is 17.4. The lowest BCUT2D eigenvalue weighted by Gasteiger charge is -2.37. The Morgan fingerprint density at radius 3 is 2.09 bits per heavy atom. The second-order valence-corrected chi connectivity index (χ2v) is 10.4. The van der Waals surface area contributed by atoms with Crippen LogP contribution in [0.4, 0.5) is 36.4 Å².